The van der Waals surface area contributed by atoms with Crippen molar-refractivity contribution in [3.05, 3.63) is 18.1 Å². The van der Waals surface area contributed by atoms with Crippen LogP contribution in [-0.4, -0.2) is 53.0 Å². The standard InChI is InChI=1S/C21H31N5O2/c1-21(6-7-21)28-13-4-5-17-16(8-13)20(25-24-17)18-9-19(23-12-22-18)26-10-14-2-3-15(11-26)27-14/h9,12-17,20,24-25H,2-8,10-11H2,1H3. The Labute approximate surface area is 166 Å². The molecule has 0 amide bonds. The van der Waals surface area contributed by atoms with E-state index >= 15 is 0 Å². The molecule has 0 spiro atoms. The lowest BCUT2D eigenvalue weighted by Crippen LogP contribution is -2.43. The summed E-state index contributed by atoms with van der Waals surface area (Å²) in [6.07, 6.45) is 11.1. The van der Waals surface area contributed by atoms with Gasteiger partial charge in [-0.25, -0.2) is 15.4 Å². The zero-order valence-corrected chi connectivity index (χ0v) is 16.6. The number of morpholine rings is 1. The number of fused-ring (bicyclic) bond motifs is 3. The Bertz CT molecular complexity index is 729. The quantitative estimate of drug-likeness (QED) is 0.822. The summed E-state index contributed by atoms with van der Waals surface area (Å²) in [4.78, 5) is 11.6. The summed E-state index contributed by atoms with van der Waals surface area (Å²) in [7, 11) is 0. The first kappa shape index (κ1) is 17.6. The van der Waals surface area contributed by atoms with Gasteiger partial charge in [-0.3, -0.25) is 5.43 Å². The van der Waals surface area contributed by atoms with Crippen LogP contribution in [0.15, 0.2) is 12.4 Å². The number of hydrogen-bond acceptors (Lipinski definition) is 7. The summed E-state index contributed by atoms with van der Waals surface area (Å²) in [5.74, 6) is 1.56. The van der Waals surface area contributed by atoms with Crippen LogP contribution in [0.3, 0.4) is 0 Å². The first-order valence-corrected chi connectivity index (χ1v) is 11.1. The van der Waals surface area contributed by atoms with Crippen LogP contribution in [0.25, 0.3) is 0 Å². The third-order valence-electron chi connectivity index (χ3n) is 7.47. The Hall–Kier alpha value is -1.28. The molecule has 0 aromatic carbocycles. The average molecular weight is 386 g/mol. The van der Waals surface area contributed by atoms with E-state index in [0.717, 1.165) is 37.4 Å². The van der Waals surface area contributed by atoms with E-state index < -0.39 is 0 Å². The number of nitrogens with one attached hydrogen (secondary N) is 2. The van der Waals surface area contributed by atoms with Gasteiger partial charge in [-0.2, -0.15) is 0 Å². The van der Waals surface area contributed by atoms with Crippen LogP contribution >= 0.6 is 0 Å². The summed E-state index contributed by atoms with van der Waals surface area (Å²) in [5.41, 5.74) is 8.32. The lowest BCUT2D eigenvalue weighted by atomic mass is 9.79. The molecular weight excluding hydrogens is 354 g/mol. The minimum Gasteiger partial charge on any atom is -0.372 e. The van der Waals surface area contributed by atoms with Gasteiger partial charge in [0.05, 0.1) is 35.6 Å². The van der Waals surface area contributed by atoms with Gasteiger partial charge < -0.3 is 14.4 Å². The molecule has 6 atom stereocenters. The minimum absolute atomic E-state index is 0.157. The van der Waals surface area contributed by atoms with Crippen LogP contribution in [0.5, 0.6) is 0 Å². The van der Waals surface area contributed by atoms with Crippen molar-refractivity contribution >= 4 is 5.82 Å². The number of rotatable bonds is 4. The van der Waals surface area contributed by atoms with Gasteiger partial charge in [0.15, 0.2) is 0 Å². The molecular formula is C21H31N5O2. The molecule has 4 heterocycles. The van der Waals surface area contributed by atoms with Crippen LogP contribution in [0, 0.1) is 5.92 Å². The third kappa shape index (κ3) is 3.22. The Morgan fingerprint density at radius 2 is 1.93 bits per heavy atom. The molecule has 152 valence electrons. The molecule has 2 saturated carbocycles. The molecule has 6 unspecified atom stereocenters. The highest BCUT2D eigenvalue weighted by molar-refractivity contribution is 5.41. The van der Waals surface area contributed by atoms with Gasteiger partial charge in [0.1, 0.15) is 12.1 Å². The summed E-state index contributed by atoms with van der Waals surface area (Å²) in [6, 6.07) is 2.93. The Kier molecular flexibility index (Phi) is 4.15. The summed E-state index contributed by atoms with van der Waals surface area (Å²) in [5, 5.41) is 0. The Morgan fingerprint density at radius 1 is 1.11 bits per heavy atom. The highest BCUT2D eigenvalue weighted by Gasteiger charge is 2.46. The molecule has 7 heteroatoms. The number of hydrogen-bond donors (Lipinski definition) is 2. The second-order valence-electron chi connectivity index (χ2n) is 9.70. The molecule has 0 radical (unpaired) electrons. The maximum atomic E-state index is 6.42. The topological polar surface area (TPSA) is 71.5 Å². The van der Waals surface area contributed by atoms with Crippen molar-refractivity contribution in [2.45, 2.75) is 87.9 Å². The Morgan fingerprint density at radius 3 is 2.71 bits per heavy atom. The van der Waals surface area contributed by atoms with Crippen molar-refractivity contribution in [3.63, 3.8) is 0 Å². The van der Waals surface area contributed by atoms with Gasteiger partial charge in [0.2, 0.25) is 0 Å². The van der Waals surface area contributed by atoms with E-state index in [-0.39, 0.29) is 11.6 Å². The number of anilines is 1. The summed E-state index contributed by atoms with van der Waals surface area (Å²) >= 11 is 0. The maximum absolute atomic E-state index is 6.42. The minimum atomic E-state index is 0.157. The molecule has 2 bridgehead atoms. The fourth-order valence-corrected chi connectivity index (χ4v) is 5.62. The van der Waals surface area contributed by atoms with Crippen molar-refractivity contribution in [2.75, 3.05) is 18.0 Å². The van der Waals surface area contributed by atoms with Crippen molar-refractivity contribution in [1.82, 2.24) is 20.8 Å². The predicted molar refractivity (Wildman–Crippen MR) is 105 cm³/mol. The van der Waals surface area contributed by atoms with Crippen LogP contribution in [0.1, 0.15) is 63.6 Å². The predicted octanol–water partition coefficient (Wildman–Crippen LogP) is 2.10. The SMILES string of the molecule is CC1(OC2CCC3NNC(c4cc(N5CC6CCC(C5)O6)ncn4)C3C2)CC1. The maximum Gasteiger partial charge on any atom is 0.132 e. The Balaban J connectivity index is 1.19. The molecule has 1 aromatic heterocycles. The van der Waals surface area contributed by atoms with E-state index in [1.807, 2.05) is 0 Å². The summed E-state index contributed by atoms with van der Waals surface area (Å²) in [6.45, 7) is 4.15. The number of ether oxygens (including phenoxy) is 2. The molecule has 2 aliphatic carbocycles. The van der Waals surface area contributed by atoms with Crippen molar-refractivity contribution in [1.29, 1.82) is 0 Å². The molecule has 2 N–H and O–H groups in total. The smallest absolute Gasteiger partial charge is 0.132 e. The van der Waals surface area contributed by atoms with Crippen LogP contribution in [0.2, 0.25) is 0 Å². The van der Waals surface area contributed by atoms with E-state index in [0.29, 0.717) is 30.3 Å². The van der Waals surface area contributed by atoms with Crippen LogP contribution in [0.4, 0.5) is 5.82 Å². The third-order valence-corrected chi connectivity index (χ3v) is 7.47. The highest BCUT2D eigenvalue weighted by atomic mass is 16.5. The molecule has 5 fully saturated rings. The molecule has 28 heavy (non-hydrogen) atoms. The monoisotopic (exact) mass is 385 g/mol. The van der Waals surface area contributed by atoms with Crippen molar-refractivity contribution in [3.8, 4) is 0 Å². The van der Waals surface area contributed by atoms with E-state index in [9.17, 15) is 0 Å². The first-order chi connectivity index (χ1) is 13.7. The number of aromatic nitrogens is 2. The van der Waals surface area contributed by atoms with E-state index in [1.54, 1.807) is 6.33 Å². The fraction of sp³-hybridized carbons (Fsp3) is 0.810. The molecule has 7 nitrogen and oxygen atoms in total. The van der Waals surface area contributed by atoms with E-state index in [1.165, 1.54) is 32.1 Å². The van der Waals surface area contributed by atoms with Gasteiger partial charge >= 0.3 is 0 Å². The average Bonchev–Trinajstić information content (AvgIpc) is 3.14. The normalized spacial score (nSPS) is 41.1. The highest BCUT2D eigenvalue weighted by Crippen LogP contribution is 2.45. The fourth-order valence-electron chi connectivity index (χ4n) is 5.62. The molecule has 5 aliphatic rings. The number of hydrazine groups is 1. The van der Waals surface area contributed by atoms with Gasteiger partial charge in [-0.15, -0.1) is 0 Å². The van der Waals surface area contributed by atoms with Crippen LogP contribution < -0.4 is 15.8 Å². The number of nitrogens with zero attached hydrogens (tertiary/aromatic N) is 3. The molecule has 6 rings (SSSR count). The summed E-state index contributed by atoms with van der Waals surface area (Å²) < 4.78 is 12.4. The van der Waals surface area contributed by atoms with E-state index in [2.05, 4.69) is 38.7 Å². The first-order valence-electron chi connectivity index (χ1n) is 11.1. The van der Waals surface area contributed by atoms with Gasteiger partial charge in [0.25, 0.3) is 0 Å². The van der Waals surface area contributed by atoms with Crippen molar-refractivity contribution in [2.24, 2.45) is 5.92 Å². The lowest BCUT2D eigenvalue weighted by molar-refractivity contribution is -0.0500. The lowest BCUT2D eigenvalue weighted by Gasteiger charge is -2.35. The molecule has 3 aliphatic heterocycles. The largest absolute Gasteiger partial charge is 0.372 e. The van der Waals surface area contributed by atoms with Gasteiger partial charge in [0, 0.05) is 31.1 Å². The second kappa shape index (κ2) is 6.62. The zero-order valence-electron chi connectivity index (χ0n) is 16.6. The molecule has 3 saturated heterocycles. The van der Waals surface area contributed by atoms with E-state index in [4.69, 9.17) is 9.47 Å². The van der Waals surface area contributed by atoms with Gasteiger partial charge in [-0.05, 0) is 51.9 Å². The zero-order chi connectivity index (χ0) is 18.7. The van der Waals surface area contributed by atoms with Crippen LogP contribution in [-0.2, 0) is 9.47 Å². The molecule has 1 aromatic rings. The van der Waals surface area contributed by atoms with Gasteiger partial charge in [-0.1, -0.05) is 0 Å². The second-order valence-corrected chi connectivity index (χ2v) is 9.70. The van der Waals surface area contributed by atoms with Crippen molar-refractivity contribution < 1.29 is 9.47 Å².